The number of nitrogens with zero attached hydrogens (tertiary/aromatic N) is 2. The van der Waals surface area contributed by atoms with Gasteiger partial charge in [0.05, 0.1) is 5.02 Å². The summed E-state index contributed by atoms with van der Waals surface area (Å²) in [5, 5.41) is 0.398. The van der Waals surface area contributed by atoms with Gasteiger partial charge in [0, 0.05) is 38.1 Å². The van der Waals surface area contributed by atoms with Crippen molar-refractivity contribution in [3.8, 4) is 0 Å². The lowest BCUT2D eigenvalue weighted by Gasteiger charge is -2.36. The van der Waals surface area contributed by atoms with Gasteiger partial charge >= 0.3 is 5.97 Å². The van der Waals surface area contributed by atoms with Gasteiger partial charge in [-0.05, 0) is 30.3 Å². The van der Waals surface area contributed by atoms with E-state index in [1.165, 1.54) is 24.4 Å². The number of esters is 1. The first-order chi connectivity index (χ1) is 12.0. The van der Waals surface area contributed by atoms with Gasteiger partial charge in [-0.1, -0.05) is 11.6 Å². The van der Waals surface area contributed by atoms with E-state index >= 15 is 0 Å². The maximum atomic E-state index is 13.0. The molecule has 0 spiro atoms. The van der Waals surface area contributed by atoms with E-state index in [1.54, 1.807) is 17.0 Å². The molecule has 132 valence electrons. The molecule has 1 aromatic heterocycles. The first-order valence-electron chi connectivity index (χ1n) is 7.82. The molecule has 1 fully saturated rings. The summed E-state index contributed by atoms with van der Waals surface area (Å²) in [7, 11) is 0. The Hall–Kier alpha value is -2.54. The predicted octanol–water partition coefficient (Wildman–Crippen LogP) is 2.31. The molecule has 0 unspecified atom stereocenters. The van der Waals surface area contributed by atoms with Gasteiger partial charge in [-0.2, -0.15) is 0 Å². The Morgan fingerprint density at radius 2 is 1.84 bits per heavy atom. The number of aromatic nitrogens is 1. The first-order valence-corrected chi connectivity index (χ1v) is 8.20. The predicted molar refractivity (Wildman–Crippen MR) is 91.3 cm³/mol. The number of hydrogen-bond acceptors (Lipinski definition) is 4. The summed E-state index contributed by atoms with van der Waals surface area (Å²) in [6.07, 6.45) is 1.47. The van der Waals surface area contributed by atoms with Crippen LogP contribution in [0, 0.1) is 5.82 Å². The highest BCUT2D eigenvalue weighted by Crippen LogP contribution is 2.17. The lowest BCUT2D eigenvalue weighted by atomic mass is 10.2. The number of carbonyl (C=O) groups excluding carboxylic acids is 2. The number of nitrogens with one attached hydrogen (secondary N) is 1. The van der Waals surface area contributed by atoms with Crippen LogP contribution >= 0.6 is 11.6 Å². The molecule has 1 amide bonds. The fourth-order valence-electron chi connectivity index (χ4n) is 2.65. The van der Waals surface area contributed by atoms with Crippen LogP contribution in [0.3, 0.4) is 0 Å². The number of benzene rings is 1. The molecule has 6 nitrogen and oxygen atoms in total. The van der Waals surface area contributed by atoms with Crippen molar-refractivity contribution in [2.75, 3.05) is 37.7 Å². The SMILES string of the molecule is O=C(OCC(=O)N1CCN(c2ccc(F)cc2)CC1)c1cc(Cl)c[nH]1. The van der Waals surface area contributed by atoms with E-state index in [-0.39, 0.29) is 24.0 Å². The van der Waals surface area contributed by atoms with Crippen molar-refractivity contribution in [2.24, 2.45) is 0 Å². The molecule has 0 aliphatic carbocycles. The minimum Gasteiger partial charge on any atom is -0.451 e. The van der Waals surface area contributed by atoms with Crippen molar-refractivity contribution in [2.45, 2.75) is 0 Å². The molecule has 2 heterocycles. The molecule has 1 N–H and O–H groups in total. The van der Waals surface area contributed by atoms with Crippen molar-refractivity contribution in [1.82, 2.24) is 9.88 Å². The average molecular weight is 366 g/mol. The molecule has 1 aromatic carbocycles. The molecule has 0 bridgehead atoms. The number of carbonyl (C=O) groups is 2. The highest BCUT2D eigenvalue weighted by Gasteiger charge is 2.22. The number of amides is 1. The maximum absolute atomic E-state index is 13.0. The lowest BCUT2D eigenvalue weighted by Crippen LogP contribution is -2.49. The summed E-state index contributed by atoms with van der Waals surface area (Å²) < 4.78 is 18.0. The summed E-state index contributed by atoms with van der Waals surface area (Å²) in [4.78, 5) is 30.4. The second-order valence-electron chi connectivity index (χ2n) is 5.65. The molecule has 25 heavy (non-hydrogen) atoms. The Labute approximate surface area is 149 Å². The topological polar surface area (TPSA) is 65.6 Å². The summed E-state index contributed by atoms with van der Waals surface area (Å²) >= 11 is 5.72. The molecular formula is C17H17ClFN3O3. The number of H-pyrrole nitrogens is 1. The number of aromatic amines is 1. The average Bonchev–Trinajstić information content (AvgIpc) is 3.07. The van der Waals surface area contributed by atoms with Gasteiger partial charge in [-0.3, -0.25) is 4.79 Å². The number of halogens is 2. The third-order valence-corrected chi connectivity index (χ3v) is 4.24. The highest BCUT2D eigenvalue weighted by molar-refractivity contribution is 6.30. The van der Waals surface area contributed by atoms with Crippen LogP contribution in [-0.4, -0.2) is 54.5 Å². The third kappa shape index (κ3) is 4.30. The van der Waals surface area contributed by atoms with E-state index in [1.807, 2.05) is 0 Å². The molecule has 0 radical (unpaired) electrons. The molecule has 1 aliphatic rings. The van der Waals surface area contributed by atoms with Gasteiger partial charge in [0.25, 0.3) is 5.91 Å². The molecule has 0 atom stereocenters. The van der Waals surface area contributed by atoms with Gasteiger partial charge in [0.1, 0.15) is 11.5 Å². The van der Waals surface area contributed by atoms with E-state index < -0.39 is 5.97 Å². The Kier molecular flexibility index (Phi) is 5.23. The van der Waals surface area contributed by atoms with Crippen LogP contribution in [-0.2, 0) is 9.53 Å². The monoisotopic (exact) mass is 365 g/mol. The summed E-state index contributed by atoms with van der Waals surface area (Å²) in [5.41, 5.74) is 1.13. The summed E-state index contributed by atoms with van der Waals surface area (Å²) in [6, 6.07) is 7.71. The van der Waals surface area contributed by atoms with Gasteiger partial charge in [-0.25, -0.2) is 9.18 Å². The molecule has 1 aliphatic heterocycles. The van der Waals surface area contributed by atoms with Crippen molar-refractivity contribution in [3.05, 3.63) is 53.1 Å². The highest BCUT2D eigenvalue weighted by atomic mass is 35.5. The second kappa shape index (κ2) is 7.57. The molecule has 8 heteroatoms. The maximum Gasteiger partial charge on any atom is 0.355 e. The zero-order valence-corrected chi connectivity index (χ0v) is 14.1. The standard InChI is InChI=1S/C17H17ClFN3O3/c18-12-9-15(20-10-12)17(24)25-11-16(23)22-7-5-21(6-8-22)14-3-1-13(19)2-4-14/h1-4,9-10,20H,5-8,11H2. The van der Waals surface area contributed by atoms with Crippen molar-refractivity contribution < 1.29 is 18.7 Å². The van der Waals surface area contributed by atoms with Crippen LogP contribution in [0.4, 0.5) is 10.1 Å². The fraction of sp³-hybridized carbons (Fsp3) is 0.294. The van der Waals surface area contributed by atoms with Gasteiger partial charge in [0.2, 0.25) is 0 Å². The van der Waals surface area contributed by atoms with Crippen LogP contribution in [0.15, 0.2) is 36.5 Å². The molecule has 1 saturated heterocycles. The normalized spacial score (nSPS) is 14.5. The fourth-order valence-corrected chi connectivity index (χ4v) is 2.81. The Bertz CT molecular complexity index is 755. The molecule has 2 aromatic rings. The number of ether oxygens (including phenoxy) is 1. The van der Waals surface area contributed by atoms with Crippen molar-refractivity contribution in [1.29, 1.82) is 0 Å². The quantitative estimate of drug-likeness (QED) is 0.844. The number of anilines is 1. The minimum absolute atomic E-state index is 0.207. The van der Waals surface area contributed by atoms with Crippen LogP contribution in [0.5, 0.6) is 0 Å². The van der Waals surface area contributed by atoms with E-state index in [9.17, 15) is 14.0 Å². The zero-order valence-electron chi connectivity index (χ0n) is 13.4. The van der Waals surface area contributed by atoms with Crippen molar-refractivity contribution >= 4 is 29.2 Å². The summed E-state index contributed by atoms with van der Waals surface area (Å²) in [6.45, 7) is 1.99. The van der Waals surface area contributed by atoms with E-state index in [0.717, 1.165) is 5.69 Å². The third-order valence-electron chi connectivity index (χ3n) is 4.02. The van der Waals surface area contributed by atoms with E-state index in [2.05, 4.69) is 9.88 Å². The Balaban J connectivity index is 1.46. The Morgan fingerprint density at radius 3 is 2.44 bits per heavy atom. The molecule has 3 rings (SSSR count). The van der Waals surface area contributed by atoms with Gasteiger partial charge < -0.3 is 19.5 Å². The summed E-state index contributed by atoms with van der Waals surface area (Å²) in [5.74, 6) is -1.14. The van der Waals surface area contributed by atoms with E-state index in [0.29, 0.717) is 31.2 Å². The van der Waals surface area contributed by atoms with Crippen LogP contribution in [0.25, 0.3) is 0 Å². The molecular weight excluding hydrogens is 349 g/mol. The number of rotatable bonds is 4. The number of piperazine rings is 1. The minimum atomic E-state index is -0.620. The van der Waals surface area contributed by atoms with Gasteiger partial charge in [0.15, 0.2) is 6.61 Å². The lowest BCUT2D eigenvalue weighted by molar-refractivity contribution is -0.134. The zero-order chi connectivity index (χ0) is 17.8. The van der Waals surface area contributed by atoms with E-state index in [4.69, 9.17) is 16.3 Å². The van der Waals surface area contributed by atoms with Crippen LogP contribution in [0.2, 0.25) is 5.02 Å². The van der Waals surface area contributed by atoms with Gasteiger partial charge in [-0.15, -0.1) is 0 Å². The first kappa shape index (κ1) is 17.3. The van der Waals surface area contributed by atoms with Crippen molar-refractivity contribution in [3.63, 3.8) is 0 Å². The second-order valence-corrected chi connectivity index (χ2v) is 6.09. The number of hydrogen-bond donors (Lipinski definition) is 1. The Morgan fingerprint density at radius 1 is 1.16 bits per heavy atom. The van der Waals surface area contributed by atoms with Crippen LogP contribution < -0.4 is 4.90 Å². The molecule has 0 saturated carbocycles. The van der Waals surface area contributed by atoms with Crippen LogP contribution in [0.1, 0.15) is 10.5 Å². The smallest absolute Gasteiger partial charge is 0.355 e. The largest absolute Gasteiger partial charge is 0.451 e.